The number of carbonyl (C=O) groups is 3. The molecule has 0 saturated carbocycles. The number of likely N-dealkylation sites (tertiary alicyclic amines) is 1. The lowest BCUT2D eigenvalue weighted by molar-refractivity contribution is -0.132. The lowest BCUT2D eigenvalue weighted by Crippen LogP contribution is -2.42. The van der Waals surface area contributed by atoms with E-state index in [1.807, 2.05) is 23.1 Å². The number of hydrogen-bond acceptors (Lipinski definition) is 4. The summed E-state index contributed by atoms with van der Waals surface area (Å²) in [7, 11) is 0. The van der Waals surface area contributed by atoms with Crippen LogP contribution in [0.1, 0.15) is 45.6 Å². The second-order valence-corrected chi connectivity index (χ2v) is 8.98. The van der Waals surface area contributed by atoms with E-state index in [-0.39, 0.29) is 24.8 Å². The third-order valence-corrected chi connectivity index (χ3v) is 5.24. The Bertz CT molecular complexity index is 740. The number of rotatable bonds is 7. The van der Waals surface area contributed by atoms with Crippen molar-refractivity contribution in [2.24, 2.45) is 5.92 Å². The Hall–Kier alpha value is -2.28. The van der Waals surface area contributed by atoms with E-state index >= 15 is 0 Å². The van der Waals surface area contributed by atoms with Crippen LogP contribution in [0.25, 0.3) is 0 Å². The molecule has 0 aliphatic carbocycles. The fourth-order valence-electron chi connectivity index (χ4n) is 3.24. The van der Waals surface area contributed by atoms with Gasteiger partial charge in [-0.3, -0.25) is 9.59 Å². The zero-order chi connectivity index (χ0) is 22.1. The van der Waals surface area contributed by atoms with E-state index in [4.69, 9.17) is 16.3 Å². The van der Waals surface area contributed by atoms with Gasteiger partial charge in [0.1, 0.15) is 5.60 Å². The molecule has 0 aromatic heterocycles. The van der Waals surface area contributed by atoms with Gasteiger partial charge < -0.3 is 20.3 Å². The average molecular weight is 438 g/mol. The van der Waals surface area contributed by atoms with Crippen molar-refractivity contribution in [3.8, 4) is 0 Å². The van der Waals surface area contributed by atoms with Gasteiger partial charge in [-0.05, 0) is 51.2 Å². The van der Waals surface area contributed by atoms with Crippen molar-refractivity contribution in [1.82, 2.24) is 15.5 Å². The molecule has 1 aromatic carbocycles. The fraction of sp³-hybridized carbons (Fsp3) is 0.591. The minimum atomic E-state index is -0.560. The van der Waals surface area contributed by atoms with Crippen LogP contribution in [-0.2, 0) is 20.7 Å². The summed E-state index contributed by atoms with van der Waals surface area (Å²) < 4.78 is 5.13. The summed E-state index contributed by atoms with van der Waals surface area (Å²) in [5.74, 6) is 0.319. The number of nitrogens with zero attached hydrogens (tertiary/aromatic N) is 1. The van der Waals surface area contributed by atoms with Gasteiger partial charge in [-0.15, -0.1) is 0 Å². The first-order chi connectivity index (χ1) is 14.1. The molecule has 7 nitrogen and oxygen atoms in total. The zero-order valence-corrected chi connectivity index (χ0v) is 18.8. The highest BCUT2D eigenvalue weighted by molar-refractivity contribution is 6.31. The second kappa shape index (κ2) is 11.2. The first-order valence-corrected chi connectivity index (χ1v) is 10.8. The Labute approximate surface area is 183 Å². The van der Waals surface area contributed by atoms with E-state index in [0.717, 1.165) is 18.4 Å². The van der Waals surface area contributed by atoms with Crippen LogP contribution in [-0.4, -0.2) is 54.6 Å². The lowest BCUT2D eigenvalue weighted by atomic mass is 9.96. The number of carbonyl (C=O) groups excluding carboxylic acids is 3. The molecule has 1 aromatic rings. The highest BCUT2D eigenvalue weighted by atomic mass is 35.5. The molecule has 0 bridgehead atoms. The van der Waals surface area contributed by atoms with Crippen molar-refractivity contribution in [1.29, 1.82) is 0 Å². The highest BCUT2D eigenvalue weighted by Gasteiger charge is 2.23. The summed E-state index contributed by atoms with van der Waals surface area (Å²) in [6.07, 6.45) is 1.69. The Morgan fingerprint density at radius 1 is 1.13 bits per heavy atom. The summed E-state index contributed by atoms with van der Waals surface area (Å²) in [5.41, 5.74) is 0.286. The van der Waals surface area contributed by atoms with Crippen molar-refractivity contribution in [2.45, 2.75) is 52.1 Å². The minimum Gasteiger partial charge on any atom is -0.444 e. The molecule has 2 N–H and O–H groups in total. The zero-order valence-electron chi connectivity index (χ0n) is 18.0. The number of piperidine rings is 1. The van der Waals surface area contributed by atoms with Crippen LogP contribution in [0.4, 0.5) is 4.79 Å². The molecular weight excluding hydrogens is 406 g/mol. The van der Waals surface area contributed by atoms with Crippen molar-refractivity contribution in [3.05, 3.63) is 34.9 Å². The Morgan fingerprint density at radius 3 is 2.43 bits per heavy atom. The number of ether oxygens (including phenoxy) is 1. The molecule has 8 heteroatoms. The van der Waals surface area contributed by atoms with Crippen LogP contribution in [0.2, 0.25) is 5.02 Å². The highest BCUT2D eigenvalue weighted by Crippen LogP contribution is 2.20. The molecule has 3 amide bonds. The average Bonchev–Trinajstić information content (AvgIpc) is 2.67. The molecule has 0 unspecified atom stereocenters. The summed E-state index contributed by atoms with van der Waals surface area (Å²) in [6, 6.07) is 7.40. The largest absolute Gasteiger partial charge is 0.444 e. The van der Waals surface area contributed by atoms with Gasteiger partial charge in [-0.25, -0.2) is 4.79 Å². The molecule has 1 saturated heterocycles. The molecule has 1 fully saturated rings. The number of amides is 3. The van der Waals surface area contributed by atoms with E-state index in [1.54, 1.807) is 26.8 Å². The monoisotopic (exact) mass is 437 g/mol. The minimum absolute atomic E-state index is 0.0822. The van der Waals surface area contributed by atoms with Crippen molar-refractivity contribution in [2.75, 3.05) is 26.2 Å². The SMILES string of the molecule is CC(C)(C)OC(=O)NCCC(=O)NCC1CCN(C(=O)Cc2ccccc2Cl)CC1. The van der Waals surface area contributed by atoms with Crippen LogP contribution < -0.4 is 10.6 Å². The molecule has 0 atom stereocenters. The number of hydrogen-bond donors (Lipinski definition) is 2. The number of benzene rings is 1. The molecule has 166 valence electrons. The van der Waals surface area contributed by atoms with E-state index in [2.05, 4.69) is 10.6 Å². The molecule has 1 aliphatic heterocycles. The van der Waals surface area contributed by atoms with Crippen LogP contribution in [0.5, 0.6) is 0 Å². The smallest absolute Gasteiger partial charge is 0.407 e. The molecule has 0 radical (unpaired) electrons. The predicted octanol–water partition coefficient (Wildman–Crippen LogP) is 3.15. The summed E-state index contributed by atoms with van der Waals surface area (Å²) in [6.45, 7) is 7.54. The van der Waals surface area contributed by atoms with Gasteiger partial charge in [0.05, 0.1) is 6.42 Å². The molecular formula is C22H32ClN3O4. The summed E-state index contributed by atoms with van der Waals surface area (Å²) in [5, 5.41) is 6.10. The van der Waals surface area contributed by atoms with Gasteiger partial charge in [0.2, 0.25) is 11.8 Å². The third-order valence-electron chi connectivity index (χ3n) is 4.87. The molecule has 2 rings (SSSR count). The molecule has 1 heterocycles. The van der Waals surface area contributed by atoms with Crippen molar-refractivity contribution < 1.29 is 19.1 Å². The maximum absolute atomic E-state index is 12.5. The first-order valence-electron chi connectivity index (χ1n) is 10.4. The van der Waals surface area contributed by atoms with Crippen molar-refractivity contribution in [3.63, 3.8) is 0 Å². The van der Waals surface area contributed by atoms with Crippen LogP contribution in [0.3, 0.4) is 0 Å². The fourth-order valence-corrected chi connectivity index (χ4v) is 3.44. The normalized spacial score (nSPS) is 14.9. The van der Waals surface area contributed by atoms with Crippen LogP contribution >= 0.6 is 11.6 Å². The maximum Gasteiger partial charge on any atom is 0.407 e. The predicted molar refractivity (Wildman–Crippen MR) is 116 cm³/mol. The first kappa shape index (κ1) is 24.0. The van der Waals surface area contributed by atoms with Gasteiger partial charge in [0.25, 0.3) is 0 Å². The van der Waals surface area contributed by atoms with E-state index in [0.29, 0.717) is 37.0 Å². The topological polar surface area (TPSA) is 87.7 Å². The molecule has 1 aliphatic rings. The van der Waals surface area contributed by atoms with Gasteiger partial charge in [-0.1, -0.05) is 29.8 Å². The standard InChI is InChI=1S/C22H32ClN3O4/c1-22(2,3)30-21(29)24-11-8-19(27)25-15-16-9-12-26(13-10-16)20(28)14-17-6-4-5-7-18(17)23/h4-7,16H,8-15H2,1-3H3,(H,24,29)(H,25,27). The van der Waals surface area contributed by atoms with E-state index < -0.39 is 11.7 Å². The number of alkyl carbamates (subject to hydrolysis) is 1. The Balaban J connectivity index is 1.61. The second-order valence-electron chi connectivity index (χ2n) is 8.58. The van der Waals surface area contributed by atoms with E-state index in [1.165, 1.54) is 0 Å². The van der Waals surface area contributed by atoms with Crippen LogP contribution in [0.15, 0.2) is 24.3 Å². The molecule has 30 heavy (non-hydrogen) atoms. The van der Waals surface area contributed by atoms with Gasteiger partial charge >= 0.3 is 6.09 Å². The van der Waals surface area contributed by atoms with Crippen LogP contribution in [0, 0.1) is 5.92 Å². The maximum atomic E-state index is 12.5. The number of nitrogens with one attached hydrogen (secondary N) is 2. The lowest BCUT2D eigenvalue weighted by Gasteiger charge is -2.32. The number of halogens is 1. The van der Waals surface area contributed by atoms with Gasteiger partial charge in [0.15, 0.2) is 0 Å². The summed E-state index contributed by atoms with van der Waals surface area (Å²) >= 11 is 6.14. The summed E-state index contributed by atoms with van der Waals surface area (Å²) in [4.78, 5) is 37.9. The Kier molecular flexibility index (Phi) is 8.96. The third kappa shape index (κ3) is 8.61. The van der Waals surface area contributed by atoms with Crippen molar-refractivity contribution >= 4 is 29.5 Å². The van der Waals surface area contributed by atoms with Gasteiger partial charge in [-0.2, -0.15) is 0 Å². The molecule has 0 spiro atoms. The Morgan fingerprint density at radius 2 is 1.80 bits per heavy atom. The quantitative estimate of drug-likeness (QED) is 0.685. The van der Waals surface area contributed by atoms with E-state index in [9.17, 15) is 14.4 Å². The van der Waals surface area contributed by atoms with Gasteiger partial charge in [0, 0.05) is 37.6 Å².